The van der Waals surface area contributed by atoms with E-state index in [1.807, 2.05) is 32.9 Å². The van der Waals surface area contributed by atoms with Gasteiger partial charge in [0.15, 0.2) is 6.61 Å². The van der Waals surface area contributed by atoms with Gasteiger partial charge in [0.2, 0.25) is 5.91 Å². The van der Waals surface area contributed by atoms with Crippen LogP contribution in [0.5, 0.6) is 0 Å². The molecule has 0 bridgehead atoms. The average Bonchev–Trinajstić information content (AvgIpc) is 2.88. The molecule has 0 spiro atoms. The van der Waals surface area contributed by atoms with Gasteiger partial charge in [-0.1, -0.05) is 23.8 Å². The van der Waals surface area contributed by atoms with Crippen molar-refractivity contribution in [3.05, 3.63) is 50.9 Å². The second kappa shape index (κ2) is 9.01. The van der Waals surface area contributed by atoms with E-state index in [0.29, 0.717) is 17.1 Å². The quantitative estimate of drug-likeness (QED) is 0.747. The first-order chi connectivity index (χ1) is 13.1. The molecule has 150 valence electrons. The number of nitrogens with one attached hydrogen (secondary N) is 1. The lowest BCUT2D eigenvalue weighted by atomic mass is 10.1. The molecular formula is C21H26N2O4S. The van der Waals surface area contributed by atoms with Gasteiger partial charge in [0.25, 0.3) is 5.91 Å². The molecule has 0 aliphatic heterocycles. The zero-order valence-electron chi connectivity index (χ0n) is 17.1. The molecule has 0 unspecified atom stereocenters. The van der Waals surface area contributed by atoms with Crippen molar-refractivity contribution < 1.29 is 19.1 Å². The van der Waals surface area contributed by atoms with Crippen molar-refractivity contribution in [2.75, 3.05) is 19.0 Å². The van der Waals surface area contributed by atoms with Crippen molar-refractivity contribution in [2.45, 2.75) is 41.2 Å². The molecule has 0 atom stereocenters. The number of carbonyl (C=O) groups is 3. The maximum atomic E-state index is 12.5. The highest BCUT2D eigenvalue weighted by Gasteiger charge is 2.23. The average molecular weight is 403 g/mol. The molecule has 6 nitrogen and oxygen atoms in total. The van der Waals surface area contributed by atoms with Gasteiger partial charge >= 0.3 is 5.97 Å². The van der Waals surface area contributed by atoms with E-state index in [2.05, 4.69) is 11.4 Å². The van der Waals surface area contributed by atoms with Gasteiger partial charge in [-0.05, 0) is 44.4 Å². The lowest BCUT2D eigenvalue weighted by molar-refractivity contribution is -0.133. The largest absolute Gasteiger partial charge is 0.452 e. The molecule has 0 aliphatic rings. The number of carbonyl (C=O) groups excluding carboxylic acids is 3. The van der Waals surface area contributed by atoms with Gasteiger partial charge in [0.05, 0.1) is 5.56 Å². The number of hydrogen-bond donors (Lipinski definition) is 1. The standard InChI is InChI=1S/C21H26N2O4S/c1-12-7-8-17(13(2)9-12)10-23(6)18(25)11-27-21(26)19-14(3)15(4)28-20(19)22-16(5)24/h7-9H,10-11H2,1-6H3,(H,22,24). The van der Waals surface area contributed by atoms with Crippen molar-refractivity contribution >= 4 is 34.1 Å². The molecule has 0 radical (unpaired) electrons. The van der Waals surface area contributed by atoms with Crippen LogP contribution in [-0.2, 0) is 20.9 Å². The molecule has 0 saturated heterocycles. The molecular weight excluding hydrogens is 376 g/mol. The first kappa shape index (κ1) is 21.6. The summed E-state index contributed by atoms with van der Waals surface area (Å²) in [5, 5.41) is 3.10. The Kier molecular flexibility index (Phi) is 6.96. The third kappa shape index (κ3) is 5.19. The molecule has 0 saturated carbocycles. The van der Waals surface area contributed by atoms with E-state index in [9.17, 15) is 14.4 Å². The Morgan fingerprint density at radius 3 is 2.43 bits per heavy atom. The van der Waals surface area contributed by atoms with Crippen molar-refractivity contribution in [3.8, 4) is 0 Å². The maximum Gasteiger partial charge on any atom is 0.341 e. The summed E-state index contributed by atoms with van der Waals surface area (Å²) in [5.41, 5.74) is 4.38. The van der Waals surface area contributed by atoms with Crippen LogP contribution < -0.4 is 5.32 Å². The molecule has 28 heavy (non-hydrogen) atoms. The van der Waals surface area contributed by atoms with Crippen LogP contribution in [-0.4, -0.2) is 36.3 Å². The number of aryl methyl sites for hydroxylation is 3. The number of esters is 1. The van der Waals surface area contributed by atoms with Gasteiger partial charge in [0, 0.05) is 25.4 Å². The minimum atomic E-state index is -0.612. The number of benzene rings is 1. The predicted octanol–water partition coefficient (Wildman–Crippen LogP) is 3.76. The van der Waals surface area contributed by atoms with Crippen LogP contribution in [0.3, 0.4) is 0 Å². The second-order valence-corrected chi connectivity index (χ2v) is 8.15. The lowest BCUT2D eigenvalue weighted by Crippen LogP contribution is -2.31. The molecule has 1 aromatic heterocycles. The molecule has 2 aromatic rings. The number of ether oxygens (including phenoxy) is 1. The number of rotatable bonds is 6. The zero-order chi connectivity index (χ0) is 21.0. The van der Waals surface area contributed by atoms with Crippen LogP contribution in [0, 0.1) is 27.7 Å². The first-order valence-electron chi connectivity index (χ1n) is 8.95. The number of likely N-dealkylation sites (N-methyl/N-ethyl adjacent to an activating group) is 1. The Morgan fingerprint density at radius 2 is 1.82 bits per heavy atom. The second-order valence-electron chi connectivity index (χ2n) is 6.92. The minimum Gasteiger partial charge on any atom is -0.452 e. The number of hydrogen-bond acceptors (Lipinski definition) is 5. The minimum absolute atomic E-state index is 0.264. The third-order valence-corrected chi connectivity index (χ3v) is 5.66. The van der Waals surface area contributed by atoms with Gasteiger partial charge in [-0.15, -0.1) is 11.3 Å². The summed E-state index contributed by atoms with van der Waals surface area (Å²) in [6, 6.07) is 6.07. The van der Waals surface area contributed by atoms with Crippen molar-refractivity contribution in [1.82, 2.24) is 4.90 Å². The van der Waals surface area contributed by atoms with E-state index in [4.69, 9.17) is 4.74 Å². The first-order valence-corrected chi connectivity index (χ1v) is 9.76. The number of anilines is 1. The lowest BCUT2D eigenvalue weighted by Gasteiger charge is -2.19. The third-order valence-electron chi connectivity index (χ3n) is 4.54. The Balaban J connectivity index is 2.02. The summed E-state index contributed by atoms with van der Waals surface area (Å²) < 4.78 is 5.24. The van der Waals surface area contributed by atoms with E-state index < -0.39 is 5.97 Å². The number of nitrogens with zero attached hydrogens (tertiary/aromatic N) is 1. The Hall–Kier alpha value is -2.67. The van der Waals surface area contributed by atoms with Gasteiger partial charge in [-0.3, -0.25) is 9.59 Å². The number of amides is 2. The van der Waals surface area contributed by atoms with Crippen molar-refractivity contribution in [3.63, 3.8) is 0 Å². The summed E-state index contributed by atoms with van der Waals surface area (Å²) in [5.74, 6) is -1.17. The van der Waals surface area contributed by atoms with Gasteiger partial charge in [-0.25, -0.2) is 4.79 Å². The molecule has 2 amide bonds. The SMILES string of the molecule is CC(=O)Nc1sc(C)c(C)c1C(=O)OCC(=O)N(C)Cc1ccc(C)cc1C. The Bertz CT molecular complexity index is 917. The van der Waals surface area contributed by atoms with Crippen LogP contribution in [0.4, 0.5) is 5.00 Å². The summed E-state index contributed by atoms with van der Waals surface area (Å²) in [6.07, 6.45) is 0. The Morgan fingerprint density at radius 1 is 1.14 bits per heavy atom. The highest BCUT2D eigenvalue weighted by Crippen LogP contribution is 2.33. The van der Waals surface area contributed by atoms with Crippen molar-refractivity contribution in [1.29, 1.82) is 0 Å². The molecule has 2 rings (SSSR count). The molecule has 0 fully saturated rings. The van der Waals surface area contributed by atoms with E-state index in [-0.39, 0.29) is 18.4 Å². The highest BCUT2D eigenvalue weighted by atomic mass is 32.1. The van der Waals surface area contributed by atoms with Crippen LogP contribution >= 0.6 is 11.3 Å². The van der Waals surface area contributed by atoms with E-state index in [0.717, 1.165) is 21.6 Å². The van der Waals surface area contributed by atoms with Crippen molar-refractivity contribution in [2.24, 2.45) is 0 Å². The van der Waals surface area contributed by atoms with Crippen LogP contribution in [0.15, 0.2) is 18.2 Å². The van der Waals surface area contributed by atoms with E-state index in [1.165, 1.54) is 28.7 Å². The normalized spacial score (nSPS) is 10.5. The monoisotopic (exact) mass is 402 g/mol. The predicted molar refractivity (Wildman–Crippen MR) is 111 cm³/mol. The fraction of sp³-hybridized carbons (Fsp3) is 0.381. The molecule has 7 heteroatoms. The summed E-state index contributed by atoms with van der Waals surface area (Å²) in [4.78, 5) is 38.7. The summed E-state index contributed by atoms with van der Waals surface area (Å²) in [7, 11) is 1.68. The van der Waals surface area contributed by atoms with Gasteiger partial charge < -0.3 is 15.0 Å². The summed E-state index contributed by atoms with van der Waals surface area (Å²) in [6.45, 7) is 9.16. The number of thiophene rings is 1. The van der Waals surface area contributed by atoms with E-state index >= 15 is 0 Å². The topological polar surface area (TPSA) is 75.7 Å². The smallest absolute Gasteiger partial charge is 0.341 e. The van der Waals surface area contributed by atoms with Gasteiger partial charge in [-0.2, -0.15) is 0 Å². The summed E-state index contributed by atoms with van der Waals surface area (Å²) >= 11 is 1.31. The fourth-order valence-corrected chi connectivity index (χ4v) is 3.89. The van der Waals surface area contributed by atoms with E-state index in [1.54, 1.807) is 14.0 Å². The fourth-order valence-electron chi connectivity index (χ4n) is 2.80. The maximum absolute atomic E-state index is 12.5. The molecule has 0 aliphatic carbocycles. The van der Waals surface area contributed by atoms with Crippen LogP contribution in [0.25, 0.3) is 0 Å². The van der Waals surface area contributed by atoms with Crippen LogP contribution in [0.1, 0.15) is 44.4 Å². The highest BCUT2D eigenvalue weighted by molar-refractivity contribution is 7.16. The Labute approximate surface area is 169 Å². The molecule has 1 aromatic carbocycles. The molecule has 1 N–H and O–H groups in total. The van der Waals surface area contributed by atoms with Gasteiger partial charge in [0.1, 0.15) is 5.00 Å². The van der Waals surface area contributed by atoms with Crippen LogP contribution in [0.2, 0.25) is 0 Å². The molecule has 1 heterocycles. The zero-order valence-corrected chi connectivity index (χ0v) is 18.0.